The lowest BCUT2D eigenvalue weighted by molar-refractivity contribution is 0.914. The highest BCUT2D eigenvalue weighted by molar-refractivity contribution is 5.95. The van der Waals surface area contributed by atoms with Crippen molar-refractivity contribution in [3.63, 3.8) is 0 Å². The molecule has 0 bridgehead atoms. The summed E-state index contributed by atoms with van der Waals surface area (Å²) >= 11 is 0. The third-order valence-corrected chi connectivity index (χ3v) is 3.59. The summed E-state index contributed by atoms with van der Waals surface area (Å²) in [6.07, 6.45) is 0. The van der Waals surface area contributed by atoms with Gasteiger partial charge in [0, 0.05) is 42.6 Å². The van der Waals surface area contributed by atoms with E-state index in [9.17, 15) is 0 Å². The number of anilines is 2. The van der Waals surface area contributed by atoms with E-state index in [-0.39, 0.29) is 24.1 Å². The number of nitrogen functional groups attached to an aromatic ring is 2. The molecule has 0 heterocycles. The van der Waals surface area contributed by atoms with Crippen LogP contribution >= 0.6 is 12.4 Å². The first-order chi connectivity index (χ1) is 11.0. The van der Waals surface area contributed by atoms with Crippen LogP contribution in [0.2, 0.25) is 0 Å². The van der Waals surface area contributed by atoms with E-state index in [0.717, 1.165) is 35.6 Å². The molecule has 7 heteroatoms. The molecule has 0 amide bonds. The first-order valence-corrected chi connectivity index (χ1v) is 7.31. The predicted octanol–water partition coefficient (Wildman–Crippen LogP) is 2.22. The van der Waals surface area contributed by atoms with Crippen LogP contribution in [0.5, 0.6) is 0 Å². The molecule has 128 valence electrons. The van der Waals surface area contributed by atoms with E-state index in [2.05, 4.69) is 10.2 Å². The Labute approximate surface area is 148 Å². The standard InChI is InChI=1S/C17H22N6.ClH/c1-23(15-8-4-13(5-9-15)17(20)21)11-10-22-14-6-2-12(3-7-14)16(18)19;/h2-9,22H,10-11H2,1H3,(H3,18,19)(H3,20,21);1H. The molecule has 0 aromatic heterocycles. The van der Waals surface area contributed by atoms with Crippen LogP contribution in [0.1, 0.15) is 11.1 Å². The summed E-state index contributed by atoms with van der Waals surface area (Å²) < 4.78 is 0. The van der Waals surface area contributed by atoms with Crippen LogP contribution in [-0.4, -0.2) is 31.8 Å². The van der Waals surface area contributed by atoms with Gasteiger partial charge in [0.2, 0.25) is 0 Å². The molecule has 0 saturated heterocycles. The second kappa shape index (κ2) is 8.79. The Bertz CT molecular complexity index is 681. The van der Waals surface area contributed by atoms with Crippen molar-refractivity contribution in [2.75, 3.05) is 30.4 Å². The molecule has 0 atom stereocenters. The molecular weight excluding hydrogens is 324 g/mol. The summed E-state index contributed by atoms with van der Waals surface area (Å²) in [4.78, 5) is 2.13. The topological polar surface area (TPSA) is 115 Å². The molecule has 2 aromatic rings. The number of amidine groups is 2. The maximum atomic E-state index is 7.39. The molecule has 7 N–H and O–H groups in total. The van der Waals surface area contributed by atoms with Crippen LogP contribution in [0, 0.1) is 10.8 Å². The van der Waals surface area contributed by atoms with Crippen molar-refractivity contribution in [2.24, 2.45) is 11.5 Å². The summed E-state index contributed by atoms with van der Waals surface area (Å²) in [5, 5.41) is 18.1. The van der Waals surface area contributed by atoms with Crippen LogP contribution in [0.3, 0.4) is 0 Å². The maximum absolute atomic E-state index is 7.39. The number of nitrogens with two attached hydrogens (primary N) is 2. The molecule has 0 fully saturated rings. The van der Waals surface area contributed by atoms with Gasteiger partial charge in [0.1, 0.15) is 11.7 Å². The fourth-order valence-corrected chi connectivity index (χ4v) is 2.16. The van der Waals surface area contributed by atoms with E-state index in [1.54, 1.807) is 0 Å². The van der Waals surface area contributed by atoms with E-state index in [0.29, 0.717) is 0 Å². The largest absolute Gasteiger partial charge is 0.384 e. The summed E-state index contributed by atoms with van der Waals surface area (Å²) in [5.41, 5.74) is 14.4. The number of hydrogen-bond acceptors (Lipinski definition) is 4. The minimum atomic E-state index is 0. The zero-order valence-electron chi connectivity index (χ0n) is 13.5. The van der Waals surface area contributed by atoms with E-state index < -0.39 is 0 Å². The minimum Gasteiger partial charge on any atom is -0.384 e. The average Bonchev–Trinajstić information content (AvgIpc) is 2.55. The Balaban J connectivity index is 0.00000288. The van der Waals surface area contributed by atoms with Crippen molar-refractivity contribution in [1.29, 1.82) is 10.8 Å². The van der Waals surface area contributed by atoms with E-state index in [1.807, 2.05) is 55.6 Å². The van der Waals surface area contributed by atoms with Crippen LogP contribution < -0.4 is 21.7 Å². The van der Waals surface area contributed by atoms with Crippen LogP contribution in [0.4, 0.5) is 11.4 Å². The number of benzene rings is 2. The fraction of sp³-hybridized carbons (Fsp3) is 0.176. The number of rotatable bonds is 7. The van der Waals surface area contributed by atoms with Gasteiger partial charge in [-0.05, 0) is 48.5 Å². The lowest BCUT2D eigenvalue weighted by atomic mass is 10.2. The normalized spacial score (nSPS) is 9.71. The second-order valence-corrected chi connectivity index (χ2v) is 5.30. The second-order valence-electron chi connectivity index (χ2n) is 5.30. The SMILES string of the molecule is CN(CCNc1ccc(C(=N)N)cc1)c1ccc(C(=N)N)cc1.Cl. The Hall–Kier alpha value is -2.73. The smallest absolute Gasteiger partial charge is 0.122 e. The van der Waals surface area contributed by atoms with Crippen molar-refractivity contribution in [3.05, 3.63) is 59.7 Å². The predicted molar refractivity (Wildman–Crippen MR) is 104 cm³/mol. The van der Waals surface area contributed by atoms with Crippen LogP contribution in [0.15, 0.2) is 48.5 Å². The summed E-state index contributed by atoms with van der Waals surface area (Å²) in [6.45, 7) is 1.61. The van der Waals surface area contributed by atoms with Gasteiger partial charge in [-0.15, -0.1) is 12.4 Å². The van der Waals surface area contributed by atoms with E-state index in [1.165, 1.54) is 0 Å². The van der Waals surface area contributed by atoms with Gasteiger partial charge in [-0.1, -0.05) is 0 Å². The molecule has 0 aliphatic heterocycles. The third-order valence-electron chi connectivity index (χ3n) is 3.59. The Morgan fingerprint density at radius 2 is 1.38 bits per heavy atom. The first kappa shape index (κ1) is 19.3. The zero-order valence-corrected chi connectivity index (χ0v) is 14.4. The number of hydrogen-bond donors (Lipinski definition) is 5. The molecule has 2 rings (SSSR count). The summed E-state index contributed by atoms with van der Waals surface area (Å²) in [5.74, 6) is 0.153. The van der Waals surface area contributed by atoms with Gasteiger partial charge in [0.15, 0.2) is 0 Å². The number of nitrogens with one attached hydrogen (secondary N) is 3. The summed E-state index contributed by atoms with van der Waals surface area (Å²) in [6, 6.07) is 15.1. The minimum absolute atomic E-state index is 0. The van der Waals surface area contributed by atoms with Crippen LogP contribution in [0.25, 0.3) is 0 Å². The monoisotopic (exact) mass is 346 g/mol. The highest BCUT2D eigenvalue weighted by Crippen LogP contribution is 2.14. The van der Waals surface area contributed by atoms with Crippen molar-refractivity contribution in [2.45, 2.75) is 0 Å². The zero-order chi connectivity index (χ0) is 16.8. The molecule has 0 spiro atoms. The first-order valence-electron chi connectivity index (χ1n) is 7.31. The van der Waals surface area contributed by atoms with Gasteiger partial charge < -0.3 is 21.7 Å². The Kier molecular flexibility index (Phi) is 7.07. The van der Waals surface area contributed by atoms with Gasteiger partial charge >= 0.3 is 0 Å². The third kappa shape index (κ3) is 5.17. The summed E-state index contributed by atoms with van der Waals surface area (Å²) in [7, 11) is 2.02. The van der Waals surface area contributed by atoms with Gasteiger partial charge in [0.05, 0.1) is 0 Å². The van der Waals surface area contributed by atoms with Crippen molar-refractivity contribution in [1.82, 2.24) is 0 Å². The molecule has 24 heavy (non-hydrogen) atoms. The van der Waals surface area contributed by atoms with Gasteiger partial charge in [0.25, 0.3) is 0 Å². The highest BCUT2D eigenvalue weighted by Gasteiger charge is 2.02. The fourth-order valence-electron chi connectivity index (χ4n) is 2.16. The Morgan fingerprint density at radius 1 is 0.917 bits per heavy atom. The lowest BCUT2D eigenvalue weighted by Gasteiger charge is -2.20. The Morgan fingerprint density at radius 3 is 1.83 bits per heavy atom. The lowest BCUT2D eigenvalue weighted by Crippen LogP contribution is -2.24. The van der Waals surface area contributed by atoms with Crippen LogP contribution in [-0.2, 0) is 0 Å². The number of halogens is 1. The average molecular weight is 347 g/mol. The quantitative estimate of drug-likeness (QED) is 0.390. The maximum Gasteiger partial charge on any atom is 0.122 e. The molecule has 0 saturated carbocycles. The van der Waals surface area contributed by atoms with E-state index >= 15 is 0 Å². The molecule has 0 aliphatic carbocycles. The number of likely N-dealkylation sites (N-methyl/N-ethyl adjacent to an activating group) is 1. The molecule has 2 aromatic carbocycles. The van der Waals surface area contributed by atoms with Gasteiger partial charge in [-0.25, -0.2) is 0 Å². The van der Waals surface area contributed by atoms with E-state index in [4.69, 9.17) is 22.3 Å². The molecule has 6 nitrogen and oxygen atoms in total. The number of nitrogens with zero attached hydrogens (tertiary/aromatic N) is 1. The van der Waals surface area contributed by atoms with Gasteiger partial charge in [-0.3, -0.25) is 10.8 Å². The molecular formula is C17H23ClN6. The van der Waals surface area contributed by atoms with Crippen molar-refractivity contribution in [3.8, 4) is 0 Å². The highest BCUT2D eigenvalue weighted by atomic mass is 35.5. The van der Waals surface area contributed by atoms with Crippen molar-refractivity contribution >= 4 is 35.5 Å². The molecule has 0 unspecified atom stereocenters. The molecule has 0 radical (unpaired) electrons. The van der Waals surface area contributed by atoms with Gasteiger partial charge in [-0.2, -0.15) is 0 Å². The van der Waals surface area contributed by atoms with Crippen molar-refractivity contribution < 1.29 is 0 Å². The molecule has 0 aliphatic rings.